The molecule has 0 bridgehead atoms. The number of H-pyrrole nitrogens is 1. The maximum atomic E-state index is 12.3. The van der Waals surface area contributed by atoms with Crippen LogP contribution in [0.3, 0.4) is 0 Å². The van der Waals surface area contributed by atoms with Gasteiger partial charge in [0.15, 0.2) is 0 Å². The summed E-state index contributed by atoms with van der Waals surface area (Å²) in [5.41, 5.74) is 0.450. The van der Waals surface area contributed by atoms with Crippen molar-refractivity contribution in [3.8, 4) is 0 Å². The van der Waals surface area contributed by atoms with Crippen LogP contribution in [0.15, 0.2) is 12.3 Å². The molecule has 1 saturated heterocycles. The second kappa shape index (κ2) is 5.23. The molecule has 1 fully saturated rings. The minimum atomic E-state index is -0.464. The lowest BCUT2D eigenvalue weighted by molar-refractivity contribution is 0.00306. The molecule has 106 valence electrons. The van der Waals surface area contributed by atoms with Gasteiger partial charge in [-0.1, -0.05) is 6.92 Å². The molecule has 0 saturated carbocycles. The first kappa shape index (κ1) is 13.9. The smallest absolute Gasteiger partial charge is 0.410 e. The van der Waals surface area contributed by atoms with Crippen LogP contribution >= 0.6 is 0 Å². The third kappa shape index (κ3) is 3.49. The topological polar surface area (TPSA) is 58.2 Å². The minimum absolute atomic E-state index is 0.0253. The number of likely N-dealkylation sites (tertiary alicyclic amines) is 1. The van der Waals surface area contributed by atoms with E-state index < -0.39 is 5.60 Å². The minimum Gasteiger partial charge on any atom is -0.444 e. The first-order valence-corrected chi connectivity index (χ1v) is 6.86. The fourth-order valence-electron chi connectivity index (χ4n) is 2.44. The number of nitrogens with zero attached hydrogens (tertiary/aromatic N) is 2. The molecule has 0 spiro atoms. The third-order valence-corrected chi connectivity index (χ3v) is 3.31. The molecule has 0 radical (unpaired) electrons. The van der Waals surface area contributed by atoms with Crippen LogP contribution in [0.4, 0.5) is 4.79 Å². The van der Waals surface area contributed by atoms with E-state index in [4.69, 9.17) is 4.74 Å². The lowest BCUT2D eigenvalue weighted by Gasteiger charge is -2.38. The maximum Gasteiger partial charge on any atom is 0.410 e. The molecule has 1 amide bonds. The van der Waals surface area contributed by atoms with Gasteiger partial charge < -0.3 is 4.74 Å². The summed E-state index contributed by atoms with van der Waals surface area (Å²) in [5.74, 6) is 0.503. The maximum absolute atomic E-state index is 12.3. The molecule has 1 aliphatic rings. The molecule has 0 aromatic carbocycles. The van der Waals surface area contributed by atoms with Crippen molar-refractivity contribution in [2.75, 3.05) is 6.54 Å². The molecule has 0 unspecified atom stereocenters. The Labute approximate surface area is 114 Å². The number of aromatic nitrogens is 2. The lowest BCUT2D eigenvalue weighted by atomic mass is 9.93. The van der Waals surface area contributed by atoms with Crippen molar-refractivity contribution in [3.63, 3.8) is 0 Å². The van der Waals surface area contributed by atoms with E-state index in [1.807, 2.05) is 31.7 Å². The van der Waals surface area contributed by atoms with Crippen molar-refractivity contribution in [1.29, 1.82) is 0 Å². The number of piperidine rings is 1. The van der Waals surface area contributed by atoms with Gasteiger partial charge >= 0.3 is 6.09 Å². The first-order chi connectivity index (χ1) is 8.87. The first-order valence-electron chi connectivity index (χ1n) is 6.86. The summed E-state index contributed by atoms with van der Waals surface area (Å²) < 4.78 is 5.50. The number of hydrogen-bond donors (Lipinski definition) is 1. The van der Waals surface area contributed by atoms with Gasteiger partial charge in [-0.05, 0) is 45.6 Å². The van der Waals surface area contributed by atoms with Gasteiger partial charge in [0.25, 0.3) is 0 Å². The fourth-order valence-corrected chi connectivity index (χ4v) is 2.44. The second-order valence-electron chi connectivity index (χ2n) is 6.33. The Bertz CT molecular complexity index is 422. The summed E-state index contributed by atoms with van der Waals surface area (Å²) in [4.78, 5) is 14.1. The summed E-state index contributed by atoms with van der Waals surface area (Å²) in [7, 11) is 0. The van der Waals surface area contributed by atoms with E-state index in [-0.39, 0.29) is 12.1 Å². The standard InChI is InChI=1S/C14H23N3O2/c1-10-5-6-12(11-7-8-15-16-11)17(9-10)13(18)19-14(2,3)4/h7-8,10,12H,5-6,9H2,1-4H3,(H,15,16)/t10-,12+/m0/s1. The average molecular weight is 265 g/mol. The molecular weight excluding hydrogens is 242 g/mol. The van der Waals surface area contributed by atoms with E-state index in [2.05, 4.69) is 17.1 Å². The number of carbonyl (C=O) groups excluding carboxylic acids is 1. The van der Waals surface area contributed by atoms with Gasteiger partial charge in [-0.2, -0.15) is 5.10 Å². The molecule has 0 aliphatic carbocycles. The van der Waals surface area contributed by atoms with Crippen molar-refractivity contribution in [2.24, 2.45) is 5.92 Å². The fraction of sp³-hybridized carbons (Fsp3) is 0.714. The monoisotopic (exact) mass is 265 g/mol. The Morgan fingerprint density at radius 2 is 2.21 bits per heavy atom. The molecule has 19 heavy (non-hydrogen) atoms. The van der Waals surface area contributed by atoms with Gasteiger partial charge in [0.1, 0.15) is 5.60 Å². The Balaban J connectivity index is 2.15. The number of nitrogens with one attached hydrogen (secondary N) is 1. The highest BCUT2D eigenvalue weighted by atomic mass is 16.6. The van der Waals surface area contributed by atoms with E-state index in [9.17, 15) is 4.79 Å². The second-order valence-corrected chi connectivity index (χ2v) is 6.33. The molecule has 2 atom stereocenters. The highest BCUT2D eigenvalue weighted by Crippen LogP contribution is 2.33. The number of carbonyl (C=O) groups is 1. The van der Waals surface area contributed by atoms with Gasteiger partial charge in [-0.3, -0.25) is 10.00 Å². The van der Waals surface area contributed by atoms with Gasteiger partial charge in [0, 0.05) is 12.7 Å². The zero-order chi connectivity index (χ0) is 14.0. The summed E-state index contributed by atoms with van der Waals surface area (Å²) in [5, 5.41) is 7.04. The highest BCUT2D eigenvalue weighted by molar-refractivity contribution is 5.69. The molecule has 5 heteroatoms. The van der Waals surface area contributed by atoms with Gasteiger partial charge in [-0.25, -0.2) is 4.79 Å². The predicted molar refractivity (Wildman–Crippen MR) is 72.7 cm³/mol. The summed E-state index contributed by atoms with van der Waals surface area (Å²) in [6, 6.07) is 1.95. The zero-order valence-electron chi connectivity index (χ0n) is 12.1. The van der Waals surface area contributed by atoms with Crippen LogP contribution < -0.4 is 0 Å². The molecule has 1 N–H and O–H groups in total. The Hall–Kier alpha value is -1.52. The predicted octanol–water partition coefficient (Wildman–Crippen LogP) is 3.12. The Kier molecular flexibility index (Phi) is 3.83. The molecule has 1 aromatic rings. The molecule has 2 heterocycles. The lowest BCUT2D eigenvalue weighted by Crippen LogP contribution is -2.44. The molecular formula is C14H23N3O2. The van der Waals surface area contributed by atoms with Crippen molar-refractivity contribution in [1.82, 2.24) is 15.1 Å². The van der Waals surface area contributed by atoms with Crippen molar-refractivity contribution in [3.05, 3.63) is 18.0 Å². The number of aromatic amines is 1. The van der Waals surface area contributed by atoms with Gasteiger partial charge in [0.05, 0.1) is 11.7 Å². The van der Waals surface area contributed by atoms with Crippen LogP contribution in [0.5, 0.6) is 0 Å². The van der Waals surface area contributed by atoms with Crippen LogP contribution in [0.2, 0.25) is 0 Å². The largest absolute Gasteiger partial charge is 0.444 e. The van der Waals surface area contributed by atoms with E-state index in [0.29, 0.717) is 5.92 Å². The van der Waals surface area contributed by atoms with Crippen molar-refractivity contribution in [2.45, 2.75) is 52.2 Å². The zero-order valence-corrected chi connectivity index (χ0v) is 12.1. The highest BCUT2D eigenvalue weighted by Gasteiger charge is 2.34. The third-order valence-electron chi connectivity index (χ3n) is 3.31. The SMILES string of the molecule is C[C@H]1CC[C@H](c2cc[nH]n2)N(C(=O)OC(C)(C)C)C1. The molecule has 1 aliphatic heterocycles. The van der Waals surface area contributed by atoms with Crippen molar-refractivity contribution >= 4 is 6.09 Å². The Morgan fingerprint density at radius 3 is 2.79 bits per heavy atom. The van der Waals surface area contributed by atoms with Crippen LogP contribution in [0, 0.1) is 5.92 Å². The summed E-state index contributed by atoms with van der Waals surface area (Å²) in [6.07, 6.45) is 3.59. The van der Waals surface area contributed by atoms with Crippen LogP contribution in [0.25, 0.3) is 0 Å². The molecule has 1 aromatic heterocycles. The quantitative estimate of drug-likeness (QED) is 0.848. The summed E-state index contributed by atoms with van der Waals surface area (Å²) >= 11 is 0. The van der Waals surface area contributed by atoms with Crippen LogP contribution in [0.1, 0.15) is 52.3 Å². The normalized spacial score (nSPS) is 24.3. The van der Waals surface area contributed by atoms with E-state index in [1.165, 1.54) is 0 Å². The van der Waals surface area contributed by atoms with Gasteiger partial charge in [0.2, 0.25) is 0 Å². The van der Waals surface area contributed by atoms with E-state index in [1.54, 1.807) is 6.20 Å². The van der Waals surface area contributed by atoms with Crippen molar-refractivity contribution < 1.29 is 9.53 Å². The Morgan fingerprint density at radius 1 is 1.47 bits per heavy atom. The number of amides is 1. The molecule has 2 rings (SSSR count). The number of rotatable bonds is 1. The van der Waals surface area contributed by atoms with Crippen LogP contribution in [-0.2, 0) is 4.74 Å². The van der Waals surface area contributed by atoms with Crippen LogP contribution in [-0.4, -0.2) is 33.3 Å². The molecule has 5 nitrogen and oxygen atoms in total. The van der Waals surface area contributed by atoms with E-state index in [0.717, 1.165) is 25.1 Å². The van der Waals surface area contributed by atoms with Gasteiger partial charge in [-0.15, -0.1) is 0 Å². The van der Waals surface area contributed by atoms with E-state index >= 15 is 0 Å². The summed E-state index contributed by atoms with van der Waals surface area (Å²) in [6.45, 7) is 8.57. The number of ether oxygens (including phenoxy) is 1. The number of hydrogen-bond acceptors (Lipinski definition) is 3. The average Bonchev–Trinajstić information content (AvgIpc) is 2.80.